The Kier molecular flexibility index (Phi) is 5.21. The van der Waals surface area contributed by atoms with Gasteiger partial charge in [-0.25, -0.2) is 4.98 Å². The van der Waals surface area contributed by atoms with Gasteiger partial charge in [0, 0.05) is 36.5 Å². The fourth-order valence-corrected chi connectivity index (χ4v) is 3.12. The van der Waals surface area contributed by atoms with E-state index in [-0.39, 0.29) is 18.4 Å². The summed E-state index contributed by atoms with van der Waals surface area (Å²) in [5.41, 5.74) is 2.69. The van der Waals surface area contributed by atoms with Crippen molar-refractivity contribution >= 4 is 28.5 Å². The van der Waals surface area contributed by atoms with Gasteiger partial charge < -0.3 is 14.7 Å². The molecule has 8 nitrogen and oxygen atoms in total. The van der Waals surface area contributed by atoms with Gasteiger partial charge in [0.25, 0.3) is 5.91 Å². The highest BCUT2D eigenvalue weighted by atomic mass is 16.5. The molecule has 0 aliphatic heterocycles. The summed E-state index contributed by atoms with van der Waals surface area (Å²) in [4.78, 5) is 35.6. The van der Waals surface area contributed by atoms with Crippen LogP contribution in [0.3, 0.4) is 0 Å². The first-order chi connectivity index (χ1) is 14.5. The van der Waals surface area contributed by atoms with E-state index in [1.165, 1.54) is 4.90 Å². The van der Waals surface area contributed by atoms with Crippen molar-refractivity contribution in [2.75, 3.05) is 18.9 Å². The lowest BCUT2D eigenvalue weighted by atomic mass is 10.0. The summed E-state index contributed by atoms with van der Waals surface area (Å²) in [6.45, 7) is 1.60. The number of pyridine rings is 2. The van der Waals surface area contributed by atoms with Crippen molar-refractivity contribution in [3.05, 3.63) is 72.2 Å². The predicted octanol–water partition coefficient (Wildman–Crippen LogP) is 3.30. The molecule has 0 atom stereocenters. The Hall–Kier alpha value is -4.07. The van der Waals surface area contributed by atoms with Crippen molar-refractivity contribution in [1.82, 2.24) is 20.0 Å². The van der Waals surface area contributed by atoms with Crippen LogP contribution in [-0.2, 0) is 4.79 Å². The number of carbonyl (C=O) groups is 2. The zero-order valence-electron chi connectivity index (χ0n) is 16.5. The number of likely N-dealkylation sites (N-methyl/N-ethyl adjacent to an activating group) is 1. The van der Waals surface area contributed by atoms with Crippen LogP contribution in [0.1, 0.15) is 16.1 Å². The Labute approximate surface area is 172 Å². The van der Waals surface area contributed by atoms with Crippen LogP contribution >= 0.6 is 0 Å². The number of aryl methyl sites for hydroxylation is 1. The first-order valence-electron chi connectivity index (χ1n) is 9.30. The minimum atomic E-state index is -0.369. The van der Waals surface area contributed by atoms with Crippen LogP contribution in [0.2, 0.25) is 0 Å². The molecule has 2 amide bonds. The molecule has 0 saturated heterocycles. The highest BCUT2D eigenvalue weighted by Gasteiger charge is 2.20. The molecule has 150 valence electrons. The average molecular weight is 401 g/mol. The van der Waals surface area contributed by atoms with Crippen molar-refractivity contribution in [1.29, 1.82) is 0 Å². The number of rotatable bonds is 5. The second-order valence-corrected chi connectivity index (χ2v) is 6.84. The lowest BCUT2D eigenvalue weighted by Crippen LogP contribution is -2.35. The quantitative estimate of drug-likeness (QED) is 0.551. The third-order valence-corrected chi connectivity index (χ3v) is 4.55. The third kappa shape index (κ3) is 4.02. The van der Waals surface area contributed by atoms with Crippen LogP contribution in [0.5, 0.6) is 0 Å². The number of nitrogens with one attached hydrogen (secondary N) is 1. The zero-order valence-corrected chi connectivity index (χ0v) is 16.5. The third-order valence-electron chi connectivity index (χ3n) is 4.55. The summed E-state index contributed by atoms with van der Waals surface area (Å²) >= 11 is 0. The maximum absolute atomic E-state index is 13.2. The molecule has 3 heterocycles. The predicted molar refractivity (Wildman–Crippen MR) is 112 cm³/mol. The maximum Gasteiger partial charge on any atom is 0.254 e. The van der Waals surface area contributed by atoms with Gasteiger partial charge in [0.2, 0.25) is 5.91 Å². The van der Waals surface area contributed by atoms with E-state index in [1.54, 1.807) is 38.5 Å². The standard InChI is InChI=1S/C22H19N5O3/c1-14-11-20(26-30-14)25-21(28)13-27(2)22(29)17-12-19(15-7-9-23-10-8-15)24-18-6-4-3-5-16(17)18/h3-12H,13H2,1-2H3,(H,25,26,28). The number of amides is 2. The molecule has 0 fully saturated rings. The number of hydrogen-bond donors (Lipinski definition) is 1. The van der Waals surface area contributed by atoms with Crippen LogP contribution in [0.25, 0.3) is 22.2 Å². The molecule has 8 heteroatoms. The average Bonchev–Trinajstić information content (AvgIpc) is 3.17. The van der Waals surface area contributed by atoms with Gasteiger partial charge >= 0.3 is 0 Å². The van der Waals surface area contributed by atoms with E-state index in [0.29, 0.717) is 28.4 Å². The maximum atomic E-state index is 13.2. The van der Waals surface area contributed by atoms with Crippen LogP contribution in [0.15, 0.2) is 65.4 Å². The van der Waals surface area contributed by atoms with Gasteiger partial charge in [-0.3, -0.25) is 14.6 Å². The van der Waals surface area contributed by atoms with Crippen LogP contribution < -0.4 is 5.32 Å². The van der Waals surface area contributed by atoms with Crippen molar-refractivity contribution in [3.63, 3.8) is 0 Å². The van der Waals surface area contributed by atoms with Gasteiger partial charge in [-0.1, -0.05) is 23.4 Å². The second kappa shape index (κ2) is 8.12. The fourth-order valence-electron chi connectivity index (χ4n) is 3.12. The molecule has 0 radical (unpaired) electrons. The second-order valence-electron chi connectivity index (χ2n) is 6.84. The number of carbonyl (C=O) groups excluding carboxylic acids is 2. The van der Waals surface area contributed by atoms with Gasteiger partial charge in [-0.15, -0.1) is 0 Å². The molecule has 1 N–H and O–H groups in total. The molecule has 0 unspecified atom stereocenters. The highest BCUT2D eigenvalue weighted by Crippen LogP contribution is 2.25. The van der Waals surface area contributed by atoms with Gasteiger partial charge in [0.15, 0.2) is 5.82 Å². The largest absolute Gasteiger partial charge is 0.360 e. The van der Waals surface area contributed by atoms with E-state index in [9.17, 15) is 9.59 Å². The smallest absolute Gasteiger partial charge is 0.254 e. The molecule has 0 aliphatic rings. The summed E-state index contributed by atoms with van der Waals surface area (Å²) in [6.07, 6.45) is 3.35. The summed E-state index contributed by atoms with van der Waals surface area (Å²) in [7, 11) is 1.58. The molecular formula is C22H19N5O3. The molecule has 1 aromatic carbocycles. The van der Waals surface area contributed by atoms with Crippen molar-refractivity contribution in [2.45, 2.75) is 6.92 Å². The Bertz CT molecular complexity index is 1220. The van der Waals surface area contributed by atoms with Crippen LogP contribution in [-0.4, -0.2) is 45.4 Å². The molecule has 0 aliphatic carbocycles. The van der Waals surface area contributed by atoms with Gasteiger partial charge in [0.05, 0.1) is 23.3 Å². The van der Waals surface area contributed by atoms with Gasteiger partial charge in [-0.05, 0) is 31.2 Å². The number of nitrogens with zero attached hydrogens (tertiary/aromatic N) is 4. The van der Waals surface area contributed by atoms with E-state index < -0.39 is 0 Å². The number of hydrogen-bond acceptors (Lipinski definition) is 6. The zero-order chi connectivity index (χ0) is 21.1. The molecule has 4 rings (SSSR count). The van der Waals surface area contributed by atoms with E-state index >= 15 is 0 Å². The molecule has 4 aromatic rings. The molecule has 0 spiro atoms. The molecule has 3 aromatic heterocycles. The number of fused-ring (bicyclic) bond motifs is 1. The van der Waals surface area contributed by atoms with E-state index in [1.807, 2.05) is 36.4 Å². The van der Waals surface area contributed by atoms with Crippen LogP contribution in [0.4, 0.5) is 5.82 Å². The highest BCUT2D eigenvalue weighted by molar-refractivity contribution is 6.08. The molecule has 0 saturated carbocycles. The summed E-state index contributed by atoms with van der Waals surface area (Å²) in [5, 5.41) is 7.07. The van der Waals surface area contributed by atoms with Crippen molar-refractivity contribution < 1.29 is 14.1 Å². The minimum absolute atomic E-state index is 0.133. The van der Waals surface area contributed by atoms with E-state index in [2.05, 4.69) is 20.4 Å². The van der Waals surface area contributed by atoms with Gasteiger partial charge in [0.1, 0.15) is 5.76 Å². The molecular weight excluding hydrogens is 382 g/mol. The normalized spacial score (nSPS) is 10.7. The van der Waals surface area contributed by atoms with Crippen LogP contribution in [0, 0.1) is 6.92 Å². The summed E-state index contributed by atoms with van der Waals surface area (Å²) in [5.74, 6) is 0.247. The Morgan fingerprint density at radius 2 is 1.87 bits per heavy atom. The number of aromatic nitrogens is 3. The van der Waals surface area contributed by atoms with Crippen molar-refractivity contribution in [2.24, 2.45) is 0 Å². The Morgan fingerprint density at radius 3 is 2.60 bits per heavy atom. The Morgan fingerprint density at radius 1 is 1.10 bits per heavy atom. The summed E-state index contributed by atoms with van der Waals surface area (Å²) in [6, 6.07) is 14.5. The van der Waals surface area contributed by atoms with E-state index in [4.69, 9.17) is 4.52 Å². The fraction of sp³-hybridized carbons (Fsp3) is 0.136. The minimum Gasteiger partial charge on any atom is -0.360 e. The number of benzene rings is 1. The lowest BCUT2D eigenvalue weighted by Gasteiger charge is -2.18. The Balaban J connectivity index is 1.62. The first-order valence-corrected chi connectivity index (χ1v) is 9.30. The van der Waals surface area contributed by atoms with Gasteiger partial charge in [-0.2, -0.15) is 0 Å². The molecule has 30 heavy (non-hydrogen) atoms. The lowest BCUT2D eigenvalue weighted by molar-refractivity contribution is -0.116. The van der Waals surface area contributed by atoms with Crippen molar-refractivity contribution in [3.8, 4) is 11.3 Å². The first kappa shape index (κ1) is 19.3. The molecule has 0 bridgehead atoms. The topological polar surface area (TPSA) is 101 Å². The summed E-state index contributed by atoms with van der Waals surface area (Å²) < 4.78 is 4.93. The monoisotopic (exact) mass is 401 g/mol. The number of anilines is 1. The SMILES string of the molecule is Cc1cc(NC(=O)CN(C)C(=O)c2cc(-c3ccncc3)nc3ccccc23)no1. The number of para-hydroxylation sites is 1. The van der Waals surface area contributed by atoms with E-state index in [0.717, 1.165) is 10.9 Å².